The van der Waals surface area contributed by atoms with Crippen molar-refractivity contribution in [1.82, 2.24) is 9.88 Å². The Kier molecular flexibility index (Phi) is 6.43. The van der Waals surface area contributed by atoms with Crippen molar-refractivity contribution >= 4 is 5.91 Å². The molecule has 0 atom stereocenters. The zero-order chi connectivity index (χ0) is 19.9. The summed E-state index contributed by atoms with van der Waals surface area (Å²) in [4.78, 5) is 25.9. The molecule has 0 aliphatic rings. The van der Waals surface area contributed by atoms with E-state index in [4.69, 9.17) is 0 Å². The number of nitrogens with one attached hydrogen (secondary N) is 1. The Hall–Kier alpha value is -3.14. The van der Waals surface area contributed by atoms with Gasteiger partial charge in [-0.05, 0) is 30.5 Å². The first-order chi connectivity index (χ1) is 13.6. The topological polar surface area (TPSA) is 51.1 Å². The van der Waals surface area contributed by atoms with Crippen LogP contribution < -0.4 is 10.9 Å². The van der Waals surface area contributed by atoms with Crippen LogP contribution in [0.2, 0.25) is 0 Å². The molecule has 1 aromatic heterocycles. The minimum absolute atomic E-state index is 0.191. The van der Waals surface area contributed by atoms with Gasteiger partial charge in [-0.2, -0.15) is 0 Å². The number of benzene rings is 2. The van der Waals surface area contributed by atoms with Gasteiger partial charge in [0, 0.05) is 24.3 Å². The fraction of sp³-hybridized carbons (Fsp3) is 0.250. The monoisotopic (exact) mass is 374 g/mol. The molecule has 0 aliphatic heterocycles. The molecule has 3 rings (SSSR count). The Labute approximate surface area is 165 Å². The van der Waals surface area contributed by atoms with E-state index in [-0.39, 0.29) is 17.0 Å². The molecule has 0 saturated carbocycles. The van der Waals surface area contributed by atoms with E-state index >= 15 is 0 Å². The third-order valence-electron chi connectivity index (χ3n) is 4.92. The normalized spacial score (nSPS) is 10.6. The van der Waals surface area contributed by atoms with Crippen LogP contribution in [0, 0.1) is 6.92 Å². The van der Waals surface area contributed by atoms with Crippen molar-refractivity contribution in [3.8, 4) is 11.1 Å². The van der Waals surface area contributed by atoms with Crippen LogP contribution in [-0.4, -0.2) is 10.5 Å². The first-order valence-electron chi connectivity index (χ1n) is 9.73. The number of rotatable bonds is 7. The van der Waals surface area contributed by atoms with Crippen LogP contribution in [-0.2, 0) is 13.1 Å². The summed E-state index contributed by atoms with van der Waals surface area (Å²) in [7, 11) is 0. The molecule has 1 N–H and O–H groups in total. The highest BCUT2D eigenvalue weighted by Crippen LogP contribution is 2.23. The number of unbranched alkanes of at least 4 members (excludes halogenated alkanes) is 1. The van der Waals surface area contributed by atoms with Gasteiger partial charge in [-0.15, -0.1) is 0 Å². The van der Waals surface area contributed by atoms with E-state index in [1.54, 1.807) is 10.6 Å². The maximum Gasteiger partial charge on any atom is 0.263 e. The molecule has 28 heavy (non-hydrogen) atoms. The van der Waals surface area contributed by atoms with Crippen LogP contribution in [0.5, 0.6) is 0 Å². The van der Waals surface area contributed by atoms with Gasteiger partial charge < -0.3 is 9.88 Å². The van der Waals surface area contributed by atoms with Crippen LogP contribution in [0.25, 0.3) is 11.1 Å². The molecular formula is C24H26N2O2. The summed E-state index contributed by atoms with van der Waals surface area (Å²) < 4.78 is 1.74. The van der Waals surface area contributed by atoms with Crippen LogP contribution in [0.1, 0.15) is 41.4 Å². The summed E-state index contributed by atoms with van der Waals surface area (Å²) >= 11 is 0. The average Bonchev–Trinajstić information content (AvgIpc) is 2.73. The molecule has 0 bridgehead atoms. The number of pyridine rings is 1. The van der Waals surface area contributed by atoms with Crippen LogP contribution in [0.15, 0.2) is 71.5 Å². The third kappa shape index (κ3) is 4.39. The molecule has 2 aromatic carbocycles. The lowest BCUT2D eigenvalue weighted by Gasteiger charge is -2.17. The lowest BCUT2D eigenvalue weighted by atomic mass is 10.0. The van der Waals surface area contributed by atoms with E-state index in [9.17, 15) is 9.59 Å². The number of carbonyl (C=O) groups excluding carboxylic acids is 1. The van der Waals surface area contributed by atoms with Gasteiger partial charge in [-0.3, -0.25) is 9.59 Å². The zero-order valence-electron chi connectivity index (χ0n) is 16.4. The quantitative estimate of drug-likeness (QED) is 0.659. The average molecular weight is 374 g/mol. The van der Waals surface area contributed by atoms with E-state index in [1.807, 2.05) is 67.6 Å². The predicted octanol–water partition coefficient (Wildman–Crippen LogP) is 4.55. The largest absolute Gasteiger partial charge is 0.348 e. The maximum atomic E-state index is 13.0. The minimum Gasteiger partial charge on any atom is -0.348 e. The molecule has 4 nitrogen and oxygen atoms in total. The fourth-order valence-electron chi connectivity index (χ4n) is 3.29. The summed E-state index contributed by atoms with van der Waals surface area (Å²) in [5.74, 6) is -0.337. The Morgan fingerprint density at radius 1 is 1.00 bits per heavy atom. The first-order valence-corrected chi connectivity index (χ1v) is 9.73. The van der Waals surface area contributed by atoms with Crippen molar-refractivity contribution in [2.45, 2.75) is 39.8 Å². The van der Waals surface area contributed by atoms with E-state index < -0.39 is 0 Å². The van der Waals surface area contributed by atoms with Crippen molar-refractivity contribution < 1.29 is 4.79 Å². The minimum atomic E-state index is -0.337. The number of amides is 1. The number of nitrogens with zero attached hydrogens (tertiary/aromatic N) is 1. The van der Waals surface area contributed by atoms with Gasteiger partial charge in [-0.1, -0.05) is 74.0 Å². The second-order valence-electron chi connectivity index (χ2n) is 6.90. The number of aromatic nitrogens is 1. The highest BCUT2D eigenvalue weighted by atomic mass is 16.2. The van der Waals surface area contributed by atoms with E-state index in [0.29, 0.717) is 13.1 Å². The van der Waals surface area contributed by atoms with Gasteiger partial charge in [0.1, 0.15) is 5.56 Å². The molecule has 144 valence electrons. The standard InChI is InChI=1S/C24H26N2O2/c1-3-4-15-26-18(2)21(20-13-9-6-10-14-20)16-22(24(26)28)23(27)25-17-19-11-7-5-8-12-19/h5-14,16H,3-4,15,17H2,1-2H3,(H,25,27). The molecule has 0 fully saturated rings. The van der Waals surface area contributed by atoms with Gasteiger partial charge >= 0.3 is 0 Å². The second kappa shape index (κ2) is 9.18. The van der Waals surface area contributed by atoms with Crippen molar-refractivity contribution in [2.24, 2.45) is 0 Å². The molecule has 3 aromatic rings. The van der Waals surface area contributed by atoms with Crippen molar-refractivity contribution in [3.05, 3.63) is 93.9 Å². The summed E-state index contributed by atoms with van der Waals surface area (Å²) in [6.45, 7) is 5.05. The molecular weight excluding hydrogens is 348 g/mol. The highest BCUT2D eigenvalue weighted by Gasteiger charge is 2.18. The van der Waals surface area contributed by atoms with E-state index in [1.165, 1.54) is 0 Å². The van der Waals surface area contributed by atoms with Gasteiger partial charge in [0.15, 0.2) is 0 Å². The van der Waals surface area contributed by atoms with E-state index in [0.717, 1.165) is 35.2 Å². The Morgan fingerprint density at radius 2 is 1.64 bits per heavy atom. The van der Waals surface area contributed by atoms with E-state index in [2.05, 4.69) is 12.2 Å². The summed E-state index contributed by atoms with van der Waals surface area (Å²) in [5.41, 5.74) is 3.78. The Balaban J connectivity index is 1.99. The molecule has 4 heteroatoms. The van der Waals surface area contributed by atoms with Crippen molar-refractivity contribution in [3.63, 3.8) is 0 Å². The molecule has 1 heterocycles. The number of hydrogen-bond donors (Lipinski definition) is 1. The summed E-state index contributed by atoms with van der Waals surface area (Å²) in [6, 6.07) is 21.3. The van der Waals surface area contributed by atoms with Crippen LogP contribution in [0.4, 0.5) is 0 Å². The molecule has 1 amide bonds. The van der Waals surface area contributed by atoms with Gasteiger partial charge in [-0.25, -0.2) is 0 Å². The number of carbonyl (C=O) groups is 1. The lowest BCUT2D eigenvalue weighted by Crippen LogP contribution is -2.34. The second-order valence-corrected chi connectivity index (χ2v) is 6.90. The van der Waals surface area contributed by atoms with Crippen LogP contribution in [0.3, 0.4) is 0 Å². The molecule has 0 unspecified atom stereocenters. The van der Waals surface area contributed by atoms with Crippen molar-refractivity contribution in [2.75, 3.05) is 0 Å². The summed E-state index contributed by atoms with van der Waals surface area (Å²) in [5, 5.41) is 2.89. The third-order valence-corrected chi connectivity index (χ3v) is 4.92. The first kappa shape index (κ1) is 19.6. The molecule has 0 radical (unpaired) electrons. The zero-order valence-corrected chi connectivity index (χ0v) is 16.4. The fourth-order valence-corrected chi connectivity index (χ4v) is 3.29. The summed E-state index contributed by atoms with van der Waals surface area (Å²) in [6.07, 6.45) is 1.88. The molecule has 0 saturated heterocycles. The Bertz CT molecular complexity index is 992. The lowest BCUT2D eigenvalue weighted by molar-refractivity contribution is 0.0948. The maximum absolute atomic E-state index is 13.0. The van der Waals surface area contributed by atoms with Gasteiger partial charge in [0.2, 0.25) is 0 Å². The van der Waals surface area contributed by atoms with Crippen molar-refractivity contribution in [1.29, 1.82) is 0 Å². The number of hydrogen-bond acceptors (Lipinski definition) is 2. The predicted molar refractivity (Wildman–Crippen MR) is 113 cm³/mol. The van der Waals surface area contributed by atoms with Gasteiger partial charge in [0.25, 0.3) is 11.5 Å². The highest BCUT2D eigenvalue weighted by molar-refractivity contribution is 5.95. The van der Waals surface area contributed by atoms with Crippen LogP contribution >= 0.6 is 0 Å². The SMILES string of the molecule is CCCCn1c(C)c(-c2ccccc2)cc(C(=O)NCc2ccccc2)c1=O. The van der Waals surface area contributed by atoms with Gasteiger partial charge in [0.05, 0.1) is 0 Å². The Morgan fingerprint density at radius 3 is 2.29 bits per heavy atom. The smallest absolute Gasteiger partial charge is 0.263 e. The molecule has 0 spiro atoms. The molecule has 0 aliphatic carbocycles.